The molecule has 1 heterocycles. The minimum atomic E-state index is -0.221. The predicted molar refractivity (Wildman–Crippen MR) is 74.4 cm³/mol. The van der Waals surface area contributed by atoms with Gasteiger partial charge in [-0.3, -0.25) is 4.98 Å². The third kappa shape index (κ3) is 3.03. The number of rotatable bonds is 5. The van der Waals surface area contributed by atoms with Gasteiger partial charge in [0.1, 0.15) is 11.5 Å². The average Bonchev–Trinajstić information content (AvgIpc) is 2.47. The summed E-state index contributed by atoms with van der Waals surface area (Å²) in [6.45, 7) is 0. The van der Waals surface area contributed by atoms with Gasteiger partial charge < -0.3 is 15.2 Å². The van der Waals surface area contributed by atoms with Crippen LogP contribution in [0.3, 0.4) is 0 Å². The fourth-order valence-corrected chi connectivity index (χ4v) is 2.09. The van der Waals surface area contributed by atoms with Crippen LogP contribution in [0.2, 0.25) is 0 Å². The van der Waals surface area contributed by atoms with Gasteiger partial charge in [-0.05, 0) is 24.3 Å². The molecule has 4 nitrogen and oxygen atoms in total. The van der Waals surface area contributed by atoms with Gasteiger partial charge in [0.05, 0.1) is 19.8 Å². The van der Waals surface area contributed by atoms with Crippen molar-refractivity contribution in [1.29, 1.82) is 0 Å². The SMILES string of the molecule is COc1cccc(OC)c1C(N)Cc1ccccn1. The Bertz CT molecular complexity index is 507. The van der Waals surface area contributed by atoms with Crippen molar-refractivity contribution in [2.45, 2.75) is 12.5 Å². The van der Waals surface area contributed by atoms with Gasteiger partial charge in [0.15, 0.2) is 0 Å². The van der Waals surface area contributed by atoms with Crippen LogP contribution in [0.5, 0.6) is 11.5 Å². The molecule has 1 aromatic carbocycles. The van der Waals surface area contributed by atoms with Gasteiger partial charge in [-0.15, -0.1) is 0 Å². The first-order chi connectivity index (χ1) is 9.26. The van der Waals surface area contributed by atoms with E-state index in [9.17, 15) is 0 Å². The molecule has 0 fully saturated rings. The third-order valence-electron chi connectivity index (χ3n) is 2.99. The van der Waals surface area contributed by atoms with E-state index in [1.54, 1.807) is 20.4 Å². The van der Waals surface area contributed by atoms with E-state index in [4.69, 9.17) is 15.2 Å². The number of aromatic nitrogens is 1. The van der Waals surface area contributed by atoms with Crippen LogP contribution >= 0.6 is 0 Å². The summed E-state index contributed by atoms with van der Waals surface area (Å²) >= 11 is 0. The van der Waals surface area contributed by atoms with Crippen LogP contribution in [0.25, 0.3) is 0 Å². The molecule has 2 aromatic rings. The molecular formula is C15H18N2O2. The minimum absolute atomic E-state index is 0.221. The molecule has 1 atom stereocenters. The summed E-state index contributed by atoms with van der Waals surface area (Å²) in [5.41, 5.74) is 8.10. The maximum absolute atomic E-state index is 6.28. The van der Waals surface area contributed by atoms with E-state index in [1.807, 2.05) is 36.4 Å². The Balaban J connectivity index is 2.30. The summed E-state index contributed by atoms with van der Waals surface area (Å²) in [5, 5.41) is 0. The van der Waals surface area contributed by atoms with Crippen LogP contribution in [0.4, 0.5) is 0 Å². The van der Waals surface area contributed by atoms with E-state index in [-0.39, 0.29) is 6.04 Å². The molecule has 1 unspecified atom stereocenters. The van der Waals surface area contributed by atoms with Gasteiger partial charge in [-0.25, -0.2) is 0 Å². The van der Waals surface area contributed by atoms with Gasteiger partial charge in [0, 0.05) is 24.4 Å². The number of pyridine rings is 1. The van der Waals surface area contributed by atoms with Crippen molar-refractivity contribution in [3.8, 4) is 11.5 Å². The molecule has 1 aromatic heterocycles. The number of methoxy groups -OCH3 is 2. The Kier molecular flexibility index (Phi) is 4.36. The monoisotopic (exact) mass is 258 g/mol. The van der Waals surface area contributed by atoms with Gasteiger partial charge in [-0.2, -0.15) is 0 Å². The summed E-state index contributed by atoms with van der Waals surface area (Å²) in [4.78, 5) is 4.29. The molecule has 0 saturated carbocycles. The lowest BCUT2D eigenvalue weighted by atomic mass is 10.0. The molecule has 19 heavy (non-hydrogen) atoms. The Labute approximate surface area is 113 Å². The smallest absolute Gasteiger partial charge is 0.127 e. The second-order valence-electron chi connectivity index (χ2n) is 4.21. The predicted octanol–water partition coefficient (Wildman–Crippen LogP) is 2.34. The summed E-state index contributed by atoms with van der Waals surface area (Å²) in [6.07, 6.45) is 2.40. The Hall–Kier alpha value is -2.07. The summed E-state index contributed by atoms with van der Waals surface area (Å²) in [5.74, 6) is 1.48. The van der Waals surface area contributed by atoms with Crippen LogP contribution in [0.1, 0.15) is 17.3 Å². The quantitative estimate of drug-likeness (QED) is 0.894. The molecule has 2 rings (SSSR count). The number of ether oxygens (including phenoxy) is 2. The largest absolute Gasteiger partial charge is 0.496 e. The summed E-state index contributed by atoms with van der Waals surface area (Å²) < 4.78 is 10.7. The van der Waals surface area contributed by atoms with Crippen LogP contribution in [0.15, 0.2) is 42.6 Å². The molecule has 2 N–H and O–H groups in total. The lowest BCUT2D eigenvalue weighted by Crippen LogP contribution is -2.16. The fraction of sp³-hybridized carbons (Fsp3) is 0.267. The molecule has 0 bridgehead atoms. The molecule has 0 aliphatic rings. The first kappa shape index (κ1) is 13.4. The first-order valence-corrected chi connectivity index (χ1v) is 6.12. The van der Waals surface area contributed by atoms with E-state index in [1.165, 1.54) is 0 Å². The van der Waals surface area contributed by atoms with Crippen LogP contribution in [-0.2, 0) is 6.42 Å². The number of hydrogen-bond acceptors (Lipinski definition) is 4. The molecule has 0 aliphatic carbocycles. The number of benzene rings is 1. The standard InChI is InChI=1S/C15H18N2O2/c1-18-13-7-5-8-14(19-2)15(13)12(16)10-11-6-3-4-9-17-11/h3-9,12H,10,16H2,1-2H3. The van der Waals surface area contributed by atoms with E-state index >= 15 is 0 Å². The number of hydrogen-bond donors (Lipinski definition) is 1. The maximum atomic E-state index is 6.28. The Morgan fingerprint density at radius 3 is 2.26 bits per heavy atom. The second-order valence-corrected chi connectivity index (χ2v) is 4.21. The van der Waals surface area contributed by atoms with Crippen LogP contribution in [0, 0.1) is 0 Å². The van der Waals surface area contributed by atoms with Crippen molar-refractivity contribution in [2.75, 3.05) is 14.2 Å². The lowest BCUT2D eigenvalue weighted by Gasteiger charge is -2.18. The summed E-state index contributed by atoms with van der Waals surface area (Å²) in [7, 11) is 3.26. The third-order valence-corrected chi connectivity index (χ3v) is 2.99. The highest BCUT2D eigenvalue weighted by atomic mass is 16.5. The molecular weight excluding hydrogens is 240 g/mol. The highest BCUT2D eigenvalue weighted by Crippen LogP contribution is 2.34. The highest BCUT2D eigenvalue weighted by Gasteiger charge is 2.18. The van der Waals surface area contributed by atoms with E-state index in [0.29, 0.717) is 6.42 Å². The minimum Gasteiger partial charge on any atom is -0.496 e. The highest BCUT2D eigenvalue weighted by molar-refractivity contribution is 5.47. The average molecular weight is 258 g/mol. The normalized spacial score (nSPS) is 11.9. The number of nitrogens with two attached hydrogens (primary N) is 1. The summed E-state index contributed by atoms with van der Waals surface area (Å²) in [6, 6.07) is 11.2. The van der Waals surface area contributed by atoms with Crippen molar-refractivity contribution >= 4 is 0 Å². The van der Waals surface area contributed by atoms with E-state index < -0.39 is 0 Å². The molecule has 0 radical (unpaired) electrons. The van der Waals surface area contributed by atoms with Gasteiger partial charge in [0.25, 0.3) is 0 Å². The van der Waals surface area contributed by atoms with E-state index in [0.717, 1.165) is 22.8 Å². The second kappa shape index (κ2) is 6.20. The molecule has 0 aliphatic heterocycles. The van der Waals surface area contributed by atoms with Gasteiger partial charge in [-0.1, -0.05) is 12.1 Å². The molecule has 0 saturated heterocycles. The van der Waals surface area contributed by atoms with Gasteiger partial charge in [0.2, 0.25) is 0 Å². The Morgan fingerprint density at radius 2 is 1.74 bits per heavy atom. The lowest BCUT2D eigenvalue weighted by molar-refractivity contribution is 0.378. The Morgan fingerprint density at radius 1 is 1.05 bits per heavy atom. The van der Waals surface area contributed by atoms with E-state index in [2.05, 4.69) is 4.98 Å². The molecule has 0 amide bonds. The zero-order valence-electron chi connectivity index (χ0n) is 11.2. The van der Waals surface area contributed by atoms with Crippen molar-refractivity contribution in [3.05, 3.63) is 53.9 Å². The first-order valence-electron chi connectivity index (χ1n) is 6.12. The van der Waals surface area contributed by atoms with Crippen LogP contribution in [-0.4, -0.2) is 19.2 Å². The van der Waals surface area contributed by atoms with Crippen molar-refractivity contribution < 1.29 is 9.47 Å². The van der Waals surface area contributed by atoms with Gasteiger partial charge >= 0.3 is 0 Å². The zero-order chi connectivity index (χ0) is 13.7. The zero-order valence-corrected chi connectivity index (χ0v) is 11.2. The van der Waals surface area contributed by atoms with Crippen molar-refractivity contribution in [1.82, 2.24) is 4.98 Å². The van der Waals surface area contributed by atoms with Crippen molar-refractivity contribution in [2.24, 2.45) is 5.73 Å². The maximum Gasteiger partial charge on any atom is 0.127 e. The van der Waals surface area contributed by atoms with Crippen molar-refractivity contribution in [3.63, 3.8) is 0 Å². The van der Waals surface area contributed by atoms with Crippen LogP contribution < -0.4 is 15.2 Å². The topological polar surface area (TPSA) is 57.4 Å². The number of nitrogens with zero attached hydrogens (tertiary/aromatic N) is 1. The molecule has 100 valence electrons. The molecule has 4 heteroatoms. The fourth-order valence-electron chi connectivity index (χ4n) is 2.09. The molecule has 0 spiro atoms.